The van der Waals surface area contributed by atoms with Gasteiger partial charge in [-0.1, -0.05) is 39.7 Å². The molecule has 1 unspecified atom stereocenters. The molecule has 0 aromatic heterocycles. The molecule has 0 N–H and O–H groups in total. The Balaban J connectivity index is 3.44. The van der Waals surface area contributed by atoms with E-state index < -0.39 is 0 Å². The topological polar surface area (TPSA) is 0 Å². The highest BCUT2D eigenvalue weighted by atomic mass is 32.1. The quantitative estimate of drug-likeness (QED) is 0.454. The summed E-state index contributed by atoms with van der Waals surface area (Å²) in [6, 6.07) is 0. The van der Waals surface area contributed by atoms with Gasteiger partial charge in [0.25, 0.3) is 0 Å². The second-order valence-electron chi connectivity index (χ2n) is 3.09. The predicted molar refractivity (Wildman–Crippen MR) is 56.0 cm³/mol. The average Bonchev–Trinajstić information content (AvgIpc) is 1.97. The molecule has 0 aromatic rings. The van der Waals surface area contributed by atoms with Crippen LogP contribution in [0.4, 0.5) is 0 Å². The fourth-order valence-electron chi connectivity index (χ4n) is 1.25. The van der Waals surface area contributed by atoms with Crippen molar-refractivity contribution in [3.63, 3.8) is 0 Å². The molecule has 1 heteroatoms. The maximum absolute atomic E-state index is 4.28. The van der Waals surface area contributed by atoms with Gasteiger partial charge in [0.1, 0.15) is 0 Å². The van der Waals surface area contributed by atoms with Gasteiger partial charge in [-0.15, -0.1) is 12.6 Å². The Morgan fingerprint density at radius 1 is 1.36 bits per heavy atom. The maximum Gasteiger partial charge on any atom is -0.0113 e. The highest BCUT2D eigenvalue weighted by molar-refractivity contribution is 7.84. The highest BCUT2D eigenvalue weighted by Crippen LogP contribution is 2.22. The van der Waals surface area contributed by atoms with Crippen LogP contribution in [0.3, 0.4) is 0 Å². The molecular weight excluding hydrogens is 152 g/mol. The standard InChI is InChI=1S/C10H20S/c1-4-6-7-8-10(5-2)9(3)11/h10-11H,3-8H2,1-2H3. The van der Waals surface area contributed by atoms with E-state index in [1.807, 2.05) is 0 Å². The molecule has 11 heavy (non-hydrogen) atoms. The Morgan fingerprint density at radius 2 is 2.00 bits per heavy atom. The molecule has 0 amide bonds. The number of allylic oxidation sites excluding steroid dienone is 1. The largest absolute Gasteiger partial charge is 0.148 e. The van der Waals surface area contributed by atoms with Crippen LogP contribution in [0.25, 0.3) is 0 Å². The molecule has 0 fully saturated rings. The van der Waals surface area contributed by atoms with E-state index >= 15 is 0 Å². The number of unbranched alkanes of at least 4 members (excludes halogenated alkanes) is 2. The Morgan fingerprint density at radius 3 is 2.36 bits per heavy atom. The summed E-state index contributed by atoms with van der Waals surface area (Å²) in [5, 5.41) is 0. The molecule has 0 aliphatic rings. The second kappa shape index (κ2) is 6.78. The van der Waals surface area contributed by atoms with Crippen LogP contribution < -0.4 is 0 Å². The monoisotopic (exact) mass is 172 g/mol. The lowest BCUT2D eigenvalue weighted by molar-refractivity contribution is 0.522. The normalized spacial score (nSPS) is 13.0. The lowest BCUT2D eigenvalue weighted by atomic mass is 9.99. The summed E-state index contributed by atoms with van der Waals surface area (Å²) < 4.78 is 0. The fourth-order valence-corrected chi connectivity index (χ4v) is 1.56. The molecule has 0 saturated heterocycles. The van der Waals surface area contributed by atoms with Gasteiger partial charge in [-0.25, -0.2) is 0 Å². The first-order valence-corrected chi connectivity index (χ1v) is 5.04. The molecule has 66 valence electrons. The average molecular weight is 172 g/mol. The van der Waals surface area contributed by atoms with Crippen molar-refractivity contribution in [1.29, 1.82) is 0 Å². The first kappa shape index (κ1) is 11.1. The SMILES string of the molecule is C=C(S)C(CC)CCCCC. The molecule has 1 atom stereocenters. The Bertz CT molecular complexity index is 107. The van der Waals surface area contributed by atoms with Crippen LogP contribution in [0.2, 0.25) is 0 Å². The van der Waals surface area contributed by atoms with E-state index in [2.05, 4.69) is 33.1 Å². The zero-order valence-corrected chi connectivity index (χ0v) is 8.66. The van der Waals surface area contributed by atoms with E-state index in [1.165, 1.54) is 32.1 Å². The van der Waals surface area contributed by atoms with Crippen molar-refractivity contribution in [2.45, 2.75) is 46.0 Å². The first-order chi connectivity index (χ1) is 5.22. The third-order valence-electron chi connectivity index (χ3n) is 2.12. The molecule has 0 radical (unpaired) electrons. The Hall–Kier alpha value is 0.0900. The third kappa shape index (κ3) is 5.37. The molecule has 0 aliphatic carbocycles. The first-order valence-electron chi connectivity index (χ1n) is 4.60. The van der Waals surface area contributed by atoms with Gasteiger partial charge in [0.2, 0.25) is 0 Å². The molecule has 0 aromatic carbocycles. The van der Waals surface area contributed by atoms with Crippen molar-refractivity contribution in [2.24, 2.45) is 5.92 Å². The van der Waals surface area contributed by atoms with E-state index in [4.69, 9.17) is 0 Å². The van der Waals surface area contributed by atoms with Crippen molar-refractivity contribution in [1.82, 2.24) is 0 Å². The second-order valence-corrected chi connectivity index (χ2v) is 3.67. The van der Waals surface area contributed by atoms with Crippen LogP contribution in [0.5, 0.6) is 0 Å². The molecule has 0 nitrogen and oxygen atoms in total. The molecule has 0 spiro atoms. The van der Waals surface area contributed by atoms with Crippen molar-refractivity contribution in [2.75, 3.05) is 0 Å². The van der Waals surface area contributed by atoms with Gasteiger partial charge in [-0.2, -0.15) is 0 Å². The predicted octanol–water partition coefficient (Wildman–Crippen LogP) is 4.04. The number of rotatable bonds is 6. The van der Waals surface area contributed by atoms with Gasteiger partial charge >= 0.3 is 0 Å². The smallest absolute Gasteiger partial charge is 0.0113 e. The van der Waals surface area contributed by atoms with Crippen LogP contribution in [0.1, 0.15) is 46.0 Å². The Labute approximate surface area is 76.5 Å². The molecular formula is C10H20S. The van der Waals surface area contributed by atoms with Crippen LogP contribution >= 0.6 is 12.6 Å². The minimum Gasteiger partial charge on any atom is -0.148 e. The maximum atomic E-state index is 4.28. The molecule has 0 aliphatic heterocycles. The summed E-state index contributed by atoms with van der Waals surface area (Å²) in [4.78, 5) is 1.06. The fraction of sp³-hybridized carbons (Fsp3) is 0.800. The third-order valence-corrected chi connectivity index (χ3v) is 2.49. The van der Waals surface area contributed by atoms with Gasteiger partial charge in [0, 0.05) is 0 Å². The summed E-state index contributed by atoms with van der Waals surface area (Å²) in [7, 11) is 0. The lowest BCUT2D eigenvalue weighted by Gasteiger charge is -2.12. The van der Waals surface area contributed by atoms with Gasteiger partial charge in [-0.05, 0) is 23.7 Å². The van der Waals surface area contributed by atoms with Gasteiger partial charge in [0.05, 0.1) is 0 Å². The van der Waals surface area contributed by atoms with Crippen molar-refractivity contribution in [3.8, 4) is 0 Å². The molecule has 0 saturated carbocycles. The minimum absolute atomic E-state index is 0.643. The van der Waals surface area contributed by atoms with Crippen molar-refractivity contribution in [3.05, 3.63) is 11.5 Å². The molecule has 0 rings (SSSR count). The van der Waals surface area contributed by atoms with E-state index in [9.17, 15) is 0 Å². The van der Waals surface area contributed by atoms with Crippen molar-refractivity contribution < 1.29 is 0 Å². The zero-order chi connectivity index (χ0) is 8.69. The minimum atomic E-state index is 0.643. The zero-order valence-electron chi connectivity index (χ0n) is 7.77. The van der Waals surface area contributed by atoms with Crippen molar-refractivity contribution >= 4 is 12.6 Å². The van der Waals surface area contributed by atoms with E-state index in [0.717, 1.165) is 4.91 Å². The van der Waals surface area contributed by atoms with Crippen LogP contribution in [0.15, 0.2) is 11.5 Å². The van der Waals surface area contributed by atoms with E-state index in [-0.39, 0.29) is 0 Å². The van der Waals surface area contributed by atoms with Crippen LogP contribution in [-0.4, -0.2) is 0 Å². The molecule has 0 heterocycles. The number of hydrogen-bond donors (Lipinski definition) is 1. The summed E-state index contributed by atoms with van der Waals surface area (Å²) in [5.41, 5.74) is 0. The van der Waals surface area contributed by atoms with Gasteiger partial charge in [0.15, 0.2) is 0 Å². The summed E-state index contributed by atoms with van der Waals surface area (Å²) in [6.45, 7) is 8.31. The van der Waals surface area contributed by atoms with Gasteiger partial charge < -0.3 is 0 Å². The van der Waals surface area contributed by atoms with Crippen LogP contribution in [0, 0.1) is 5.92 Å². The van der Waals surface area contributed by atoms with E-state index in [1.54, 1.807) is 0 Å². The number of thiol groups is 1. The number of hydrogen-bond acceptors (Lipinski definition) is 1. The summed E-state index contributed by atoms with van der Waals surface area (Å²) in [5.74, 6) is 0.643. The lowest BCUT2D eigenvalue weighted by Crippen LogP contribution is -1.97. The van der Waals surface area contributed by atoms with E-state index in [0.29, 0.717) is 5.92 Å². The summed E-state index contributed by atoms with van der Waals surface area (Å²) in [6.07, 6.45) is 6.43. The highest BCUT2D eigenvalue weighted by Gasteiger charge is 2.05. The van der Waals surface area contributed by atoms with Crippen LogP contribution in [-0.2, 0) is 0 Å². The Kier molecular flexibility index (Phi) is 6.83. The molecule has 0 bridgehead atoms. The van der Waals surface area contributed by atoms with Gasteiger partial charge in [-0.3, -0.25) is 0 Å². The summed E-state index contributed by atoms with van der Waals surface area (Å²) >= 11 is 4.28.